The van der Waals surface area contributed by atoms with Crippen LogP contribution in [0, 0.1) is 0 Å². The molecule has 0 radical (unpaired) electrons. The van der Waals surface area contributed by atoms with Crippen LogP contribution in [0.2, 0.25) is 0 Å². The SMILES string of the molecule is CC1(C)c2ccc(-c3cccc(Sc4cc(N(c5ccccc5)c5ccccc5)ccn4)c3)nc2-c2c(O)cccc21. The van der Waals surface area contributed by atoms with E-state index in [-0.39, 0.29) is 11.2 Å². The maximum absolute atomic E-state index is 10.7. The number of rotatable bonds is 6. The van der Waals surface area contributed by atoms with Gasteiger partial charge in [-0.3, -0.25) is 0 Å². The van der Waals surface area contributed by atoms with E-state index in [0.29, 0.717) is 0 Å². The Bertz CT molecular complexity index is 1870. The van der Waals surface area contributed by atoms with Gasteiger partial charge in [0, 0.05) is 39.0 Å². The quantitative estimate of drug-likeness (QED) is 0.219. The summed E-state index contributed by atoms with van der Waals surface area (Å²) < 4.78 is 0. The van der Waals surface area contributed by atoms with Gasteiger partial charge in [0.2, 0.25) is 0 Å². The Morgan fingerprint density at radius 1 is 0.667 bits per heavy atom. The number of nitrogens with zero attached hydrogens (tertiary/aromatic N) is 3. The summed E-state index contributed by atoms with van der Waals surface area (Å²) in [5.74, 6) is 0.277. The summed E-state index contributed by atoms with van der Waals surface area (Å²) in [5.41, 5.74) is 8.86. The third-order valence-electron chi connectivity index (χ3n) is 7.88. The molecule has 0 amide bonds. The van der Waals surface area contributed by atoms with Gasteiger partial charge in [0.1, 0.15) is 10.8 Å². The lowest BCUT2D eigenvalue weighted by Crippen LogP contribution is -2.14. The molecule has 0 spiro atoms. The maximum Gasteiger partial charge on any atom is 0.125 e. The molecule has 7 rings (SSSR count). The normalized spacial score (nSPS) is 12.9. The minimum atomic E-state index is -0.212. The van der Waals surface area contributed by atoms with Gasteiger partial charge in [-0.05, 0) is 71.8 Å². The van der Waals surface area contributed by atoms with Crippen LogP contribution >= 0.6 is 11.8 Å². The van der Waals surface area contributed by atoms with Gasteiger partial charge in [-0.15, -0.1) is 0 Å². The number of phenols is 1. The first-order valence-corrected chi connectivity index (χ1v) is 14.8. The van der Waals surface area contributed by atoms with Gasteiger partial charge in [-0.1, -0.05) is 92.3 Å². The summed E-state index contributed by atoms with van der Waals surface area (Å²) in [6.07, 6.45) is 1.87. The largest absolute Gasteiger partial charge is 0.507 e. The first-order valence-electron chi connectivity index (χ1n) is 14.0. The molecule has 42 heavy (non-hydrogen) atoms. The molecule has 2 aromatic heterocycles. The second-order valence-electron chi connectivity index (χ2n) is 10.9. The van der Waals surface area contributed by atoms with Crippen molar-refractivity contribution in [1.29, 1.82) is 0 Å². The van der Waals surface area contributed by atoms with Gasteiger partial charge in [-0.25, -0.2) is 9.97 Å². The third kappa shape index (κ3) is 4.62. The van der Waals surface area contributed by atoms with E-state index < -0.39 is 0 Å². The van der Waals surface area contributed by atoms with Crippen molar-refractivity contribution in [2.24, 2.45) is 0 Å². The molecule has 0 saturated heterocycles. The van der Waals surface area contributed by atoms with Crippen molar-refractivity contribution in [2.45, 2.75) is 29.2 Å². The van der Waals surface area contributed by atoms with Crippen molar-refractivity contribution in [2.75, 3.05) is 4.90 Å². The molecule has 0 bridgehead atoms. The molecule has 0 aliphatic heterocycles. The zero-order chi connectivity index (χ0) is 28.7. The predicted octanol–water partition coefficient (Wildman–Crippen LogP) is 9.78. The number of aromatic nitrogens is 2. The highest BCUT2D eigenvalue weighted by Crippen LogP contribution is 2.51. The summed E-state index contributed by atoms with van der Waals surface area (Å²) in [7, 11) is 0. The van der Waals surface area contributed by atoms with Crippen molar-refractivity contribution in [3.8, 4) is 28.3 Å². The first kappa shape index (κ1) is 26.1. The molecule has 0 atom stereocenters. The number of para-hydroxylation sites is 2. The lowest BCUT2D eigenvalue weighted by Gasteiger charge is -2.25. The minimum absolute atomic E-state index is 0.212. The first-order chi connectivity index (χ1) is 20.5. The fourth-order valence-corrected chi connectivity index (χ4v) is 6.67. The topological polar surface area (TPSA) is 49.2 Å². The smallest absolute Gasteiger partial charge is 0.125 e. The van der Waals surface area contributed by atoms with E-state index in [2.05, 4.69) is 116 Å². The van der Waals surface area contributed by atoms with Gasteiger partial charge in [0.25, 0.3) is 0 Å². The number of hydrogen-bond acceptors (Lipinski definition) is 5. The molecule has 4 aromatic carbocycles. The highest BCUT2D eigenvalue weighted by Gasteiger charge is 2.38. The van der Waals surface area contributed by atoms with Crippen molar-refractivity contribution in [3.63, 3.8) is 0 Å². The molecular weight excluding hydrogens is 534 g/mol. The molecule has 4 nitrogen and oxygen atoms in total. The third-order valence-corrected chi connectivity index (χ3v) is 8.80. The number of hydrogen-bond donors (Lipinski definition) is 1. The molecule has 1 aliphatic carbocycles. The number of anilines is 3. The predicted molar refractivity (Wildman–Crippen MR) is 172 cm³/mol. The van der Waals surface area contributed by atoms with Gasteiger partial charge < -0.3 is 10.0 Å². The molecule has 0 saturated carbocycles. The van der Waals surface area contributed by atoms with E-state index in [0.717, 1.165) is 60.6 Å². The van der Waals surface area contributed by atoms with Gasteiger partial charge in [-0.2, -0.15) is 0 Å². The Kier molecular flexibility index (Phi) is 6.52. The summed E-state index contributed by atoms with van der Waals surface area (Å²) in [5, 5.41) is 11.6. The van der Waals surface area contributed by atoms with Crippen molar-refractivity contribution < 1.29 is 5.11 Å². The average molecular weight is 564 g/mol. The highest BCUT2D eigenvalue weighted by molar-refractivity contribution is 7.99. The van der Waals surface area contributed by atoms with E-state index in [1.165, 1.54) is 0 Å². The van der Waals surface area contributed by atoms with Crippen LogP contribution in [0.15, 0.2) is 144 Å². The molecule has 1 aliphatic rings. The van der Waals surface area contributed by atoms with Crippen molar-refractivity contribution >= 4 is 28.8 Å². The van der Waals surface area contributed by atoms with E-state index in [1.54, 1.807) is 17.8 Å². The molecule has 0 fully saturated rings. The Labute approximate surface area is 250 Å². The van der Waals surface area contributed by atoms with Crippen LogP contribution in [0.3, 0.4) is 0 Å². The summed E-state index contributed by atoms with van der Waals surface area (Å²) in [6, 6.07) is 43.3. The van der Waals surface area contributed by atoms with E-state index in [1.807, 2.05) is 30.5 Å². The van der Waals surface area contributed by atoms with Crippen LogP contribution in [0.5, 0.6) is 5.75 Å². The van der Waals surface area contributed by atoms with Crippen LogP contribution in [-0.4, -0.2) is 15.1 Å². The fraction of sp³-hybridized carbons (Fsp3) is 0.0811. The summed E-state index contributed by atoms with van der Waals surface area (Å²) in [4.78, 5) is 13.1. The number of benzene rings is 4. The number of pyridine rings is 2. The standard InChI is InChI=1S/C37H29N3OS/c1-37(2)30-17-10-18-33(41)35(30)36-31(37)19-20-32(39-36)25-11-9-16-29(23-25)42-34-24-28(21-22-38-34)40(26-12-5-3-6-13-26)27-14-7-4-8-15-27/h3-24,41H,1-2H3. The average Bonchev–Trinajstić information content (AvgIpc) is 3.25. The molecule has 1 N–H and O–H groups in total. The van der Waals surface area contributed by atoms with E-state index in [4.69, 9.17) is 9.97 Å². The number of fused-ring (bicyclic) bond motifs is 3. The Morgan fingerprint density at radius 3 is 2.12 bits per heavy atom. The molecule has 6 aromatic rings. The van der Waals surface area contributed by atoms with Crippen molar-refractivity contribution in [1.82, 2.24) is 9.97 Å². The van der Waals surface area contributed by atoms with Crippen LogP contribution in [0.25, 0.3) is 22.5 Å². The van der Waals surface area contributed by atoms with Crippen LogP contribution < -0.4 is 4.90 Å². The fourth-order valence-electron chi connectivity index (χ4n) is 5.80. The van der Waals surface area contributed by atoms with E-state index in [9.17, 15) is 5.11 Å². The zero-order valence-corrected chi connectivity index (χ0v) is 24.2. The minimum Gasteiger partial charge on any atom is -0.507 e. The molecule has 204 valence electrons. The summed E-state index contributed by atoms with van der Waals surface area (Å²) >= 11 is 1.63. The van der Waals surface area contributed by atoms with Crippen LogP contribution in [0.1, 0.15) is 25.0 Å². The second kappa shape index (κ2) is 10.5. The highest BCUT2D eigenvalue weighted by atomic mass is 32.2. The number of phenolic OH excluding ortho intramolecular Hbond substituents is 1. The van der Waals surface area contributed by atoms with Gasteiger partial charge in [0.05, 0.1) is 17.1 Å². The molecule has 2 heterocycles. The molecule has 0 unspecified atom stereocenters. The Balaban J connectivity index is 1.21. The Hall–Kier alpha value is -4.87. The Morgan fingerprint density at radius 2 is 1.38 bits per heavy atom. The second-order valence-corrected chi connectivity index (χ2v) is 12.0. The monoisotopic (exact) mass is 563 g/mol. The van der Waals surface area contributed by atoms with Crippen LogP contribution in [0.4, 0.5) is 17.1 Å². The number of aromatic hydroxyl groups is 1. The van der Waals surface area contributed by atoms with E-state index >= 15 is 0 Å². The molecular formula is C37H29N3OS. The summed E-state index contributed by atoms with van der Waals surface area (Å²) in [6.45, 7) is 4.38. The maximum atomic E-state index is 10.7. The van der Waals surface area contributed by atoms with Crippen LogP contribution in [-0.2, 0) is 5.41 Å². The van der Waals surface area contributed by atoms with Crippen molar-refractivity contribution in [3.05, 3.63) is 145 Å². The van der Waals surface area contributed by atoms with Gasteiger partial charge in [0.15, 0.2) is 0 Å². The zero-order valence-electron chi connectivity index (χ0n) is 23.4. The lowest BCUT2D eigenvalue weighted by molar-refractivity contribution is 0.476. The lowest BCUT2D eigenvalue weighted by atomic mass is 9.83. The van der Waals surface area contributed by atoms with Gasteiger partial charge >= 0.3 is 0 Å². The molecule has 5 heteroatoms.